The maximum atomic E-state index is 11.5. The number of ether oxygens (including phenoxy) is 1. The quantitative estimate of drug-likeness (QED) is 0.745. The Morgan fingerprint density at radius 3 is 2.55 bits per heavy atom. The fourth-order valence-electron chi connectivity index (χ4n) is 1.86. The standard InChI is InChI=1S/C16H26BrN3O2/c1-16(2,3)22-15(21)19-10-6-9-18-13-11-12(17)7-8-14(13)20(4)5/h7-8,11,18H,6,9-10H2,1-5H3,(H,19,21). The zero-order valence-corrected chi connectivity index (χ0v) is 15.6. The molecule has 6 heteroatoms. The number of halogens is 1. The van der Waals surface area contributed by atoms with Crippen LogP contribution in [0.4, 0.5) is 16.2 Å². The van der Waals surface area contributed by atoms with Crippen LogP contribution in [0.1, 0.15) is 27.2 Å². The van der Waals surface area contributed by atoms with Gasteiger partial charge in [-0.05, 0) is 45.4 Å². The summed E-state index contributed by atoms with van der Waals surface area (Å²) in [5.74, 6) is 0. The van der Waals surface area contributed by atoms with E-state index in [4.69, 9.17) is 4.74 Å². The number of hydrogen-bond acceptors (Lipinski definition) is 4. The van der Waals surface area contributed by atoms with Crippen LogP contribution in [0, 0.1) is 0 Å². The van der Waals surface area contributed by atoms with Gasteiger partial charge < -0.3 is 20.3 Å². The molecule has 0 aliphatic rings. The molecular weight excluding hydrogens is 346 g/mol. The lowest BCUT2D eigenvalue weighted by molar-refractivity contribution is 0.0528. The first-order valence-corrected chi connectivity index (χ1v) is 8.16. The number of anilines is 2. The summed E-state index contributed by atoms with van der Waals surface area (Å²) >= 11 is 3.48. The van der Waals surface area contributed by atoms with Gasteiger partial charge in [-0.3, -0.25) is 0 Å². The molecule has 124 valence electrons. The van der Waals surface area contributed by atoms with E-state index in [1.165, 1.54) is 0 Å². The summed E-state index contributed by atoms with van der Waals surface area (Å²) in [7, 11) is 4.02. The summed E-state index contributed by atoms with van der Waals surface area (Å²) < 4.78 is 6.22. The van der Waals surface area contributed by atoms with Gasteiger partial charge in [0.1, 0.15) is 5.60 Å². The van der Waals surface area contributed by atoms with Crippen LogP contribution in [-0.2, 0) is 4.74 Å². The van der Waals surface area contributed by atoms with Crippen LogP contribution in [-0.4, -0.2) is 38.9 Å². The predicted octanol–water partition coefficient (Wildman–Crippen LogP) is 3.84. The third-order valence-electron chi connectivity index (χ3n) is 2.78. The highest BCUT2D eigenvalue weighted by atomic mass is 79.9. The molecule has 1 aromatic carbocycles. The SMILES string of the molecule is CN(C)c1ccc(Br)cc1NCCCNC(=O)OC(C)(C)C. The number of hydrogen-bond donors (Lipinski definition) is 2. The number of carbonyl (C=O) groups is 1. The topological polar surface area (TPSA) is 53.6 Å². The molecule has 22 heavy (non-hydrogen) atoms. The summed E-state index contributed by atoms with van der Waals surface area (Å²) in [5, 5.41) is 6.15. The number of alkyl carbamates (subject to hydrolysis) is 1. The fourth-order valence-corrected chi connectivity index (χ4v) is 2.22. The van der Waals surface area contributed by atoms with Crippen LogP contribution in [0.5, 0.6) is 0 Å². The molecule has 0 saturated carbocycles. The van der Waals surface area contributed by atoms with E-state index in [0.717, 1.165) is 28.8 Å². The van der Waals surface area contributed by atoms with Gasteiger partial charge in [-0.2, -0.15) is 0 Å². The van der Waals surface area contributed by atoms with Crippen molar-refractivity contribution in [1.82, 2.24) is 5.32 Å². The lowest BCUT2D eigenvalue weighted by Gasteiger charge is -2.20. The van der Waals surface area contributed by atoms with E-state index in [9.17, 15) is 4.79 Å². The molecule has 1 amide bonds. The van der Waals surface area contributed by atoms with Gasteiger partial charge in [0.2, 0.25) is 0 Å². The average molecular weight is 372 g/mol. The smallest absolute Gasteiger partial charge is 0.407 e. The highest BCUT2D eigenvalue weighted by molar-refractivity contribution is 9.10. The molecule has 5 nitrogen and oxygen atoms in total. The monoisotopic (exact) mass is 371 g/mol. The Kier molecular flexibility index (Phi) is 7.00. The predicted molar refractivity (Wildman–Crippen MR) is 95.8 cm³/mol. The van der Waals surface area contributed by atoms with E-state index in [-0.39, 0.29) is 6.09 Å². The second-order valence-corrected chi connectivity index (χ2v) is 7.18. The maximum absolute atomic E-state index is 11.5. The van der Waals surface area contributed by atoms with Gasteiger partial charge in [0, 0.05) is 31.7 Å². The summed E-state index contributed by atoms with van der Waals surface area (Å²) in [6.45, 7) is 6.90. The van der Waals surface area contributed by atoms with E-state index in [2.05, 4.69) is 43.6 Å². The van der Waals surface area contributed by atoms with Gasteiger partial charge in [-0.1, -0.05) is 15.9 Å². The van der Waals surface area contributed by atoms with Gasteiger partial charge in [0.25, 0.3) is 0 Å². The molecule has 0 aliphatic carbocycles. The van der Waals surface area contributed by atoms with Crippen molar-refractivity contribution < 1.29 is 9.53 Å². The van der Waals surface area contributed by atoms with Crippen LogP contribution < -0.4 is 15.5 Å². The van der Waals surface area contributed by atoms with Crippen LogP contribution >= 0.6 is 15.9 Å². The van der Waals surface area contributed by atoms with E-state index in [1.54, 1.807) is 0 Å². The molecule has 2 N–H and O–H groups in total. The number of rotatable bonds is 6. The minimum atomic E-state index is -0.459. The Morgan fingerprint density at radius 2 is 1.95 bits per heavy atom. The molecule has 0 saturated heterocycles. The number of amides is 1. The Bertz CT molecular complexity index is 499. The minimum absolute atomic E-state index is 0.371. The van der Waals surface area contributed by atoms with Gasteiger partial charge in [-0.25, -0.2) is 4.79 Å². The van der Waals surface area contributed by atoms with Crippen molar-refractivity contribution in [3.8, 4) is 0 Å². The second-order valence-electron chi connectivity index (χ2n) is 6.26. The third-order valence-corrected chi connectivity index (χ3v) is 3.27. The van der Waals surface area contributed by atoms with Crippen LogP contribution in [0.25, 0.3) is 0 Å². The normalized spacial score (nSPS) is 11.0. The van der Waals surface area contributed by atoms with E-state index >= 15 is 0 Å². The zero-order valence-electron chi connectivity index (χ0n) is 14.0. The van der Waals surface area contributed by atoms with Gasteiger partial charge >= 0.3 is 6.09 Å². The third kappa shape index (κ3) is 7.02. The maximum Gasteiger partial charge on any atom is 0.407 e. The summed E-state index contributed by atoms with van der Waals surface area (Å²) in [6.07, 6.45) is 0.447. The molecule has 0 aromatic heterocycles. The zero-order chi connectivity index (χ0) is 16.8. The number of carbonyl (C=O) groups excluding carboxylic acids is 1. The summed E-state index contributed by atoms with van der Waals surface area (Å²) in [5.41, 5.74) is 1.74. The van der Waals surface area contributed by atoms with E-state index in [0.29, 0.717) is 6.54 Å². The summed E-state index contributed by atoms with van der Waals surface area (Å²) in [6, 6.07) is 6.13. The van der Waals surface area contributed by atoms with Crippen molar-refractivity contribution in [2.75, 3.05) is 37.4 Å². The first kappa shape index (κ1) is 18.6. The van der Waals surface area contributed by atoms with Crippen molar-refractivity contribution in [3.05, 3.63) is 22.7 Å². The Morgan fingerprint density at radius 1 is 1.27 bits per heavy atom. The van der Waals surface area contributed by atoms with Crippen LogP contribution in [0.2, 0.25) is 0 Å². The summed E-state index contributed by atoms with van der Waals surface area (Å²) in [4.78, 5) is 13.6. The highest BCUT2D eigenvalue weighted by Crippen LogP contribution is 2.27. The van der Waals surface area contributed by atoms with Gasteiger partial charge in [0.05, 0.1) is 11.4 Å². The Balaban J connectivity index is 2.36. The van der Waals surface area contributed by atoms with Crippen molar-refractivity contribution in [2.45, 2.75) is 32.8 Å². The molecule has 0 bridgehead atoms. The number of benzene rings is 1. The Labute approximate surface area is 141 Å². The Hall–Kier alpha value is -1.43. The van der Waals surface area contributed by atoms with Crippen LogP contribution in [0.15, 0.2) is 22.7 Å². The largest absolute Gasteiger partial charge is 0.444 e. The molecule has 0 atom stereocenters. The molecule has 0 aliphatic heterocycles. The van der Waals surface area contributed by atoms with Gasteiger partial charge in [0.15, 0.2) is 0 Å². The lowest BCUT2D eigenvalue weighted by atomic mass is 10.2. The molecule has 0 radical (unpaired) electrons. The average Bonchev–Trinajstić information content (AvgIpc) is 2.35. The molecule has 0 fully saturated rings. The number of nitrogens with one attached hydrogen (secondary N) is 2. The van der Waals surface area contributed by atoms with E-state index in [1.807, 2.05) is 40.9 Å². The highest BCUT2D eigenvalue weighted by Gasteiger charge is 2.15. The molecule has 0 heterocycles. The molecule has 0 spiro atoms. The second kappa shape index (κ2) is 8.27. The molecule has 1 rings (SSSR count). The van der Waals surface area contributed by atoms with Gasteiger partial charge in [-0.15, -0.1) is 0 Å². The van der Waals surface area contributed by atoms with Crippen molar-refractivity contribution in [2.24, 2.45) is 0 Å². The van der Waals surface area contributed by atoms with Crippen LogP contribution in [0.3, 0.4) is 0 Å². The van der Waals surface area contributed by atoms with Crippen molar-refractivity contribution in [3.63, 3.8) is 0 Å². The first-order chi connectivity index (χ1) is 10.2. The number of nitrogens with zero attached hydrogens (tertiary/aromatic N) is 1. The fraction of sp³-hybridized carbons (Fsp3) is 0.562. The minimum Gasteiger partial charge on any atom is -0.444 e. The van der Waals surface area contributed by atoms with Crippen molar-refractivity contribution in [1.29, 1.82) is 0 Å². The van der Waals surface area contributed by atoms with E-state index < -0.39 is 5.60 Å². The molecule has 1 aromatic rings. The molecule has 0 unspecified atom stereocenters. The first-order valence-electron chi connectivity index (χ1n) is 7.36. The lowest BCUT2D eigenvalue weighted by Crippen LogP contribution is -2.33. The molecular formula is C16H26BrN3O2. The van der Waals surface area contributed by atoms with Crippen molar-refractivity contribution >= 4 is 33.4 Å².